The molecule has 4 atom stereocenters. The average Bonchev–Trinajstić information content (AvgIpc) is 3.44. The number of rotatable bonds is 8. The molecule has 0 spiro atoms. The molecule has 1 aromatic heterocycles. The number of aromatic hydroxyl groups is 1. The number of halogens is 1. The van der Waals surface area contributed by atoms with E-state index in [1.54, 1.807) is 13.3 Å². The number of ether oxygens (including phenoxy) is 2. The van der Waals surface area contributed by atoms with E-state index in [4.69, 9.17) is 9.47 Å². The second-order valence-corrected chi connectivity index (χ2v) is 11.5. The van der Waals surface area contributed by atoms with Crippen LogP contribution in [0.15, 0.2) is 47.7 Å². The first-order valence-corrected chi connectivity index (χ1v) is 14.3. The van der Waals surface area contributed by atoms with Gasteiger partial charge in [-0.3, -0.25) is 19.5 Å². The number of nitrogens with zero attached hydrogens (tertiary/aromatic N) is 2. The van der Waals surface area contributed by atoms with Gasteiger partial charge in [-0.15, -0.1) is 0 Å². The maximum atomic E-state index is 13.2. The van der Waals surface area contributed by atoms with Gasteiger partial charge in [-0.1, -0.05) is 18.6 Å². The Labute approximate surface area is 237 Å². The number of amides is 2. The molecule has 3 aliphatic rings. The van der Waals surface area contributed by atoms with Crippen LogP contribution in [0, 0.1) is 21.3 Å². The Morgan fingerprint density at radius 1 is 1.26 bits per heavy atom. The van der Waals surface area contributed by atoms with Crippen LogP contribution in [0.5, 0.6) is 11.5 Å². The van der Waals surface area contributed by atoms with Crippen LogP contribution in [-0.4, -0.2) is 53.2 Å². The second kappa shape index (κ2) is 11.2. The van der Waals surface area contributed by atoms with Gasteiger partial charge in [0.1, 0.15) is 0 Å². The van der Waals surface area contributed by atoms with Crippen molar-refractivity contribution in [1.29, 1.82) is 0 Å². The topological polar surface area (TPSA) is 89.0 Å². The summed E-state index contributed by atoms with van der Waals surface area (Å²) in [4.78, 5) is 32.3. The summed E-state index contributed by atoms with van der Waals surface area (Å²) in [5, 5.41) is 10.3. The number of aromatic nitrogens is 1. The minimum absolute atomic E-state index is 0.0111. The third kappa shape index (κ3) is 4.88. The first-order chi connectivity index (χ1) is 18.3. The molecule has 0 radical (unpaired) electrons. The zero-order valence-corrected chi connectivity index (χ0v) is 24.1. The van der Waals surface area contributed by atoms with Crippen LogP contribution in [0.1, 0.15) is 50.8 Å². The maximum absolute atomic E-state index is 13.2. The first kappa shape index (κ1) is 26.9. The van der Waals surface area contributed by atoms with Crippen molar-refractivity contribution in [2.45, 2.75) is 45.6 Å². The summed E-state index contributed by atoms with van der Waals surface area (Å²) in [6, 6.07) is 9.60. The molecule has 2 saturated heterocycles. The van der Waals surface area contributed by atoms with E-state index < -0.39 is 0 Å². The van der Waals surface area contributed by atoms with E-state index in [1.165, 1.54) is 16.0 Å². The zero-order valence-electron chi connectivity index (χ0n) is 21.9. The van der Waals surface area contributed by atoms with Crippen LogP contribution in [-0.2, 0) is 14.3 Å². The second-order valence-electron chi connectivity index (χ2n) is 10.3. The molecule has 2 aliphatic heterocycles. The van der Waals surface area contributed by atoms with Crippen molar-refractivity contribution in [3.05, 3.63) is 62.5 Å². The largest absolute Gasteiger partial charge is 0.504 e. The Morgan fingerprint density at radius 3 is 2.79 bits per heavy atom. The normalized spacial score (nSPS) is 25.2. The van der Waals surface area contributed by atoms with Gasteiger partial charge in [0.05, 0.1) is 40.9 Å². The number of carbonyl (C=O) groups excluding carboxylic acids is 2. The van der Waals surface area contributed by atoms with Crippen molar-refractivity contribution in [2.75, 3.05) is 20.3 Å². The summed E-state index contributed by atoms with van der Waals surface area (Å²) in [6.45, 7) is 5.07. The van der Waals surface area contributed by atoms with Gasteiger partial charge in [-0.2, -0.15) is 0 Å². The highest BCUT2D eigenvalue weighted by atomic mass is 127. The van der Waals surface area contributed by atoms with Crippen molar-refractivity contribution in [2.24, 2.45) is 17.8 Å². The van der Waals surface area contributed by atoms with Gasteiger partial charge >= 0.3 is 0 Å². The summed E-state index contributed by atoms with van der Waals surface area (Å²) in [6.07, 6.45) is 6.64. The predicted octanol–water partition coefficient (Wildman–Crippen LogP) is 5.47. The van der Waals surface area contributed by atoms with Crippen LogP contribution in [0.4, 0.5) is 0 Å². The Morgan fingerprint density at radius 2 is 2.08 bits per heavy atom. The summed E-state index contributed by atoms with van der Waals surface area (Å²) in [7, 11) is 1.54. The highest BCUT2D eigenvalue weighted by Crippen LogP contribution is 2.50. The quantitative estimate of drug-likeness (QED) is 0.237. The number of pyridine rings is 1. The summed E-state index contributed by atoms with van der Waals surface area (Å²) in [5.41, 5.74) is 5.25. The Balaban J connectivity index is 1.40. The van der Waals surface area contributed by atoms with E-state index in [1.807, 2.05) is 37.3 Å². The molecule has 1 N–H and O–H groups in total. The summed E-state index contributed by atoms with van der Waals surface area (Å²) in [5.74, 6) is -0.0473. The predicted molar refractivity (Wildman–Crippen MR) is 153 cm³/mol. The molecule has 0 unspecified atom stereocenters. The fraction of sp³-hybridized carbons (Fsp3) is 0.433. The maximum Gasteiger partial charge on any atom is 0.233 e. The van der Waals surface area contributed by atoms with Crippen molar-refractivity contribution >= 4 is 46.1 Å². The lowest BCUT2D eigenvalue weighted by Crippen LogP contribution is -2.34. The summed E-state index contributed by atoms with van der Waals surface area (Å²) < 4.78 is 12.4. The van der Waals surface area contributed by atoms with Crippen molar-refractivity contribution < 1.29 is 24.2 Å². The fourth-order valence-corrected chi connectivity index (χ4v) is 6.91. The number of imide groups is 1. The van der Waals surface area contributed by atoms with Gasteiger partial charge in [-0.05, 0) is 102 Å². The molecule has 38 heavy (non-hydrogen) atoms. The average molecular weight is 629 g/mol. The van der Waals surface area contributed by atoms with Gasteiger partial charge in [-0.25, -0.2) is 0 Å². The van der Waals surface area contributed by atoms with Crippen LogP contribution in [0.2, 0.25) is 0 Å². The minimum Gasteiger partial charge on any atom is -0.504 e. The molecule has 7 nitrogen and oxygen atoms in total. The standard InChI is InChI=1S/C30H33IN2O5/c1-4-11-33-29(35)20-12-17(2)26-21(27(20)30(33)36)16-38-24(26)9-8-19(23-7-5-6-10-32-23)13-18-14-22(31)28(34)25(15-18)37-3/h5-7,10,13-15,20-21,24,27,34H,4,8-9,11-12,16H2,1-3H3/b19-13-/t20-,21+,24-,27-/m1/s1. The molecular formula is C30H33IN2O5. The number of hydrogen-bond acceptors (Lipinski definition) is 6. The SMILES string of the molecule is CCCN1C(=O)[C@@H]2[C@@H](CC(C)=C3[C@@H](CC/C(=C/c4cc(I)c(O)c(OC)c4)c4ccccn4)OC[C@@H]32)C1=O. The molecule has 2 amide bonds. The molecule has 2 aromatic rings. The number of fused-ring (bicyclic) bond motifs is 3. The number of methoxy groups -OCH3 is 1. The number of benzene rings is 1. The fourth-order valence-electron chi connectivity index (χ4n) is 6.29. The van der Waals surface area contributed by atoms with Gasteiger partial charge in [0.15, 0.2) is 11.5 Å². The molecule has 8 heteroatoms. The van der Waals surface area contributed by atoms with Crippen LogP contribution >= 0.6 is 22.6 Å². The number of carbonyl (C=O) groups is 2. The zero-order chi connectivity index (χ0) is 27.0. The number of hydrogen-bond donors (Lipinski definition) is 1. The van der Waals surface area contributed by atoms with E-state index in [9.17, 15) is 14.7 Å². The summed E-state index contributed by atoms with van der Waals surface area (Å²) >= 11 is 2.10. The third-order valence-corrected chi connectivity index (χ3v) is 8.79. The van der Waals surface area contributed by atoms with Gasteiger partial charge in [0, 0.05) is 18.7 Å². The van der Waals surface area contributed by atoms with Crippen LogP contribution < -0.4 is 4.74 Å². The molecule has 200 valence electrons. The Kier molecular flexibility index (Phi) is 7.90. The third-order valence-electron chi connectivity index (χ3n) is 7.97. The van der Waals surface area contributed by atoms with E-state index in [0.29, 0.717) is 35.3 Å². The van der Waals surface area contributed by atoms with E-state index in [-0.39, 0.29) is 41.4 Å². The van der Waals surface area contributed by atoms with Crippen molar-refractivity contribution in [3.63, 3.8) is 0 Å². The molecule has 1 aromatic carbocycles. The van der Waals surface area contributed by atoms with Crippen molar-refractivity contribution in [1.82, 2.24) is 9.88 Å². The molecule has 5 rings (SSSR count). The smallest absolute Gasteiger partial charge is 0.233 e. The lowest BCUT2D eigenvalue weighted by Gasteiger charge is -2.30. The lowest BCUT2D eigenvalue weighted by molar-refractivity contribution is -0.140. The van der Waals surface area contributed by atoms with E-state index in [0.717, 1.165) is 29.7 Å². The van der Waals surface area contributed by atoms with Crippen LogP contribution in [0.25, 0.3) is 11.6 Å². The first-order valence-electron chi connectivity index (χ1n) is 13.2. The van der Waals surface area contributed by atoms with Gasteiger partial charge < -0.3 is 14.6 Å². The van der Waals surface area contributed by atoms with Gasteiger partial charge in [0.2, 0.25) is 11.8 Å². The molecule has 0 saturated carbocycles. The minimum atomic E-state index is -0.296. The number of allylic oxidation sites excluding steroid dienone is 2. The van der Waals surface area contributed by atoms with E-state index >= 15 is 0 Å². The molecule has 1 aliphatic carbocycles. The molecular weight excluding hydrogens is 595 g/mol. The lowest BCUT2D eigenvalue weighted by atomic mass is 9.70. The highest BCUT2D eigenvalue weighted by molar-refractivity contribution is 14.1. The highest BCUT2D eigenvalue weighted by Gasteiger charge is 2.56. The number of phenolic OH excluding ortho intramolecular Hbond substituents is 1. The van der Waals surface area contributed by atoms with Gasteiger partial charge in [0.25, 0.3) is 0 Å². The molecule has 2 fully saturated rings. The Hall–Kier alpha value is -2.72. The Bertz CT molecular complexity index is 1310. The molecule has 0 bridgehead atoms. The number of phenols is 1. The molecule has 3 heterocycles. The van der Waals surface area contributed by atoms with Crippen LogP contribution in [0.3, 0.4) is 0 Å². The monoisotopic (exact) mass is 628 g/mol. The van der Waals surface area contributed by atoms with Crippen molar-refractivity contribution in [3.8, 4) is 11.5 Å². The van der Waals surface area contributed by atoms with E-state index in [2.05, 4.69) is 40.6 Å². The number of likely N-dealkylation sites (tertiary alicyclic amines) is 1.